The Balaban J connectivity index is 2.01. The second-order valence-corrected chi connectivity index (χ2v) is 11.4. The van der Waals surface area contributed by atoms with Gasteiger partial charge in [0, 0.05) is 17.8 Å². The van der Waals surface area contributed by atoms with E-state index < -0.39 is 35.6 Å². The molecule has 8 nitrogen and oxygen atoms in total. The minimum atomic E-state index is -1.14. The SMILES string of the molecule is CCCN(C(=O)C(CC(C)C)NC(=O)OC(C)(C)C)C(C(=O)Nc1ccc2ccccc2c1)c1ccccc1O. The number of hydrogen-bond donors (Lipinski definition) is 3. The summed E-state index contributed by atoms with van der Waals surface area (Å²) in [6, 6.07) is 17.8. The van der Waals surface area contributed by atoms with E-state index in [-0.39, 0.29) is 18.2 Å². The van der Waals surface area contributed by atoms with Gasteiger partial charge >= 0.3 is 6.09 Å². The summed E-state index contributed by atoms with van der Waals surface area (Å²) in [6.45, 7) is 11.3. The van der Waals surface area contributed by atoms with Crippen molar-refractivity contribution in [1.29, 1.82) is 0 Å². The fourth-order valence-corrected chi connectivity index (χ4v) is 4.60. The van der Waals surface area contributed by atoms with Gasteiger partial charge in [-0.2, -0.15) is 0 Å². The zero-order chi connectivity index (χ0) is 29.4. The number of rotatable bonds is 10. The standard InChI is InChI=1S/C32H41N3O5/c1-7-18-35(30(38)26(19-21(2)3)34-31(39)40-32(4,5)6)28(25-14-10-11-15-27(25)36)29(37)33-24-17-16-22-12-8-9-13-23(22)20-24/h8-17,20-21,26,28,36H,7,18-19H2,1-6H3,(H,33,37)(H,34,39). The number of carbonyl (C=O) groups is 3. The first-order valence-electron chi connectivity index (χ1n) is 13.8. The van der Waals surface area contributed by atoms with Crippen molar-refractivity contribution in [2.24, 2.45) is 5.92 Å². The monoisotopic (exact) mass is 547 g/mol. The van der Waals surface area contributed by atoms with Gasteiger partial charge in [0.1, 0.15) is 23.4 Å². The summed E-state index contributed by atoms with van der Waals surface area (Å²) in [4.78, 5) is 42.2. The first-order chi connectivity index (χ1) is 18.9. The maximum Gasteiger partial charge on any atom is 0.408 e. The summed E-state index contributed by atoms with van der Waals surface area (Å²) in [5.74, 6) is -0.930. The maximum absolute atomic E-state index is 14.1. The number of anilines is 1. The number of hydrogen-bond acceptors (Lipinski definition) is 5. The van der Waals surface area contributed by atoms with Crippen LogP contribution in [0, 0.1) is 5.92 Å². The average Bonchev–Trinajstić information content (AvgIpc) is 2.87. The molecule has 3 aromatic carbocycles. The minimum Gasteiger partial charge on any atom is -0.508 e. The van der Waals surface area contributed by atoms with Crippen LogP contribution in [0.5, 0.6) is 5.75 Å². The highest BCUT2D eigenvalue weighted by molar-refractivity contribution is 6.00. The third kappa shape index (κ3) is 8.21. The average molecular weight is 548 g/mol. The van der Waals surface area contributed by atoms with E-state index in [2.05, 4.69) is 10.6 Å². The van der Waals surface area contributed by atoms with E-state index in [1.54, 1.807) is 45.0 Å². The van der Waals surface area contributed by atoms with Crippen LogP contribution in [0.25, 0.3) is 10.8 Å². The highest BCUT2D eigenvalue weighted by Crippen LogP contribution is 2.32. The number of fused-ring (bicyclic) bond motifs is 1. The Hall–Kier alpha value is -4.07. The quantitative estimate of drug-likeness (QED) is 0.272. The Morgan fingerprint density at radius 3 is 2.23 bits per heavy atom. The van der Waals surface area contributed by atoms with E-state index in [1.807, 2.05) is 57.2 Å². The largest absolute Gasteiger partial charge is 0.508 e. The predicted octanol–water partition coefficient (Wildman–Crippen LogP) is 6.40. The summed E-state index contributed by atoms with van der Waals surface area (Å²) in [5.41, 5.74) is 0.123. The van der Waals surface area contributed by atoms with Crippen LogP contribution < -0.4 is 10.6 Å². The van der Waals surface area contributed by atoms with E-state index >= 15 is 0 Å². The van der Waals surface area contributed by atoms with Gasteiger partial charge in [-0.25, -0.2) is 4.79 Å². The fraction of sp³-hybridized carbons (Fsp3) is 0.406. The van der Waals surface area contributed by atoms with E-state index in [1.165, 1.54) is 11.0 Å². The van der Waals surface area contributed by atoms with Gasteiger partial charge in [-0.05, 0) is 68.5 Å². The number of amides is 3. The van der Waals surface area contributed by atoms with Crippen molar-refractivity contribution in [2.75, 3.05) is 11.9 Å². The van der Waals surface area contributed by atoms with Crippen molar-refractivity contribution in [3.63, 3.8) is 0 Å². The summed E-state index contributed by atoms with van der Waals surface area (Å²) < 4.78 is 5.43. The van der Waals surface area contributed by atoms with Crippen molar-refractivity contribution >= 4 is 34.4 Å². The Kier molecular flexibility index (Phi) is 10.2. The molecule has 0 aliphatic rings. The molecule has 3 rings (SSSR count). The van der Waals surface area contributed by atoms with Gasteiger partial charge in [-0.15, -0.1) is 0 Å². The molecule has 0 saturated carbocycles. The number of ether oxygens (including phenoxy) is 1. The van der Waals surface area contributed by atoms with Crippen LogP contribution >= 0.6 is 0 Å². The second kappa shape index (κ2) is 13.3. The summed E-state index contributed by atoms with van der Waals surface area (Å²) >= 11 is 0. The van der Waals surface area contributed by atoms with Crippen LogP contribution in [0.15, 0.2) is 66.7 Å². The number of nitrogens with zero attached hydrogens (tertiary/aromatic N) is 1. The van der Waals surface area contributed by atoms with E-state index in [0.717, 1.165) is 10.8 Å². The van der Waals surface area contributed by atoms with Gasteiger partial charge in [0.25, 0.3) is 5.91 Å². The molecular weight excluding hydrogens is 506 g/mol. The summed E-state index contributed by atoms with van der Waals surface area (Å²) in [7, 11) is 0. The van der Waals surface area contributed by atoms with E-state index in [0.29, 0.717) is 24.1 Å². The van der Waals surface area contributed by atoms with Gasteiger partial charge in [0.2, 0.25) is 5.91 Å². The molecule has 40 heavy (non-hydrogen) atoms. The van der Waals surface area contributed by atoms with E-state index in [9.17, 15) is 19.5 Å². The molecule has 0 aliphatic carbocycles. The molecule has 3 N–H and O–H groups in total. The molecule has 0 saturated heterocycles. The molecule has 0 aliphatic heterocycles. The molecule has 3 amide bonds. The molecular formula is C32H41N3O5. The fourth-order valence-electron chi connectivity index (χ4n) is 4.60. The second-order valence-electron chi connectivity index (χ2n) is 11.4. The molecule has 0 spiro atoms. The number of aromatic hydroxyl groups is 1. The van der Waals surface area contributed by atoms with Crippen LogP contribution in [-0.2, 0) is 14.3 Å². The number of phenols is 1. The molecule has 214 valence electrons. The molecule has 0 fully saturated rings. The van der Waals surface area contributed by atoms with Gasteiger partial charge in [0.05, 0.1) is 0 Å². The lowest BCUT2D eigenvalue weighted by Gasteiger charge is -2.35. The van der Waals surface area contributed by atoms with Gasteiger partial charge in [-0.1, -0.05) is 69.3 Å². The van der Waals surface area contributed by atoms with Crippen LogP contribution in [0.3, 0.4) is 0 Å². The summed E-state index contributed by atoms with van der Waals surface area (Å²) in [6.07, 6.45) is 0.195. The molecule has 0 heterocycles. The third-order valence-corrected chi connectivity index (χ3v) is 6.25. The van der Waals surface area contributed by atoms with Crippen LogP contribution in [0.1, 0.15) is 66.0 Å². The molecule has 8 heteroatoms. The first kappa shape index (κ1) is 30.5. The third-order valence-electron chi connectivity index (χ3n) is 6.25. The van der Waals surface area contributed by atoms with Gasteiger partial charge < -0.3 is 25.4 Å². The predicted molar refractivity (Wildman–Crippen MR) is 158 cm³/mol. The molecule has 2 unspecified atom stereocenters. The van der Waals surface area contributed by atoms with Crippen molar-refractivity contribution in [1.82, 2.24) is 10.2 Å². The van der Waals surface area contributed by atoms with E-state index in [4.69, 9.17) is 4.74 Å². The number of phenolic OH excluding ortho intramolecular Hbond substituents is 1. The summed E-state index contributed by atoms with van der Waals surface area (Å²) in [5, 5.41) is 18.5. The Bertz CT molecular complexity index is 1330. The van der Waals surface area contributed by atoms with Crippen LogP contribution in [-0.4, -0.2) is 46.1 Å². The molecule has 3 aromatic rings. The zero-order valence-electron chi connectivity index (χ0n) is 24.2. The van der Waals surface area contributed by atoms with Gasteiger partial charge in [0.15, 0.2) is 0 Å². The highest BCUT2D eigenvalue weighted by atomic mass is 16.6. The Morgan fingerprint density at radius 2 is 1.60 bits per heavy atom. The molecule has 0 aromatic heterocycles. The van der Waals surface area contributed by atoms with Crippen molar-refractivity contribution in [3.05, 3.63) is 72.3 Å². The highest BCUT2D eigenvalue weighted by Gasteiger charge is 2.37. The number of para-hydroxylation sites is 1. The molecule has 2 atom stereocenters. The molecule has 0 radical (unpaired) electrons. The normalized spacial score (nSPS) is 13.0. The van der Waals surface area contributed by atoms with Crippen molar-refractivity contribution < 1.29 is 24.2 Å². The number of alkyl carbamates (subject to hydrolysis) is 1. The molecule has 0 bridgehead atoms. The lowest BCUT2D eigenvalue weighted by Crippen LogP contribution is -2.53. The number of nitrogens with one attached hydrogen (secondary N) is 2. The Morgan fingerprint density at radius 1 is 0.950 bits per heavy atom. The van der Waals surface area contributed by atoms with Crippen molar-refractivity contribution in [3.8, 4) is 5.75 Å². The maximum atomic E-state index is 14.1. The van der Waals surface area contributed by atoms with Crippen LogP contribution in [0.2, 0.25) is 0 Å². The first-order valence-corrected chi connectivity index (χ1v) is 13.8. The zero-order valence-corrected chi connectivity index (χ0v) is 24.2. The Labute approximate surface area is 236 Å². The topological polar surface area (TPSA) is 108 Å². The minimum absolute atomic E-state index is 0.0716. The van der Waals surface area contributed by atoms with Crippen molar-refractivity contribution in [2.45, 2.75) is 72.1 Å². The number of carbonyl (C=O) groups excluding carboxylic acids is 3. The smallest absolute Gasteiger partial charge is 0.408 e. The van der Waals surface area contributed by atoms with Crippen LogP contribution in [0.4, 0.5) is 10.5 Å². The number of benzene rings is 3. The lowest BCUT2D eigenvalue weighted by molar-refractivity contribution is -0.141. The lowest BCUT2D eigenvalue weighted by atomic mass is 9.98. The van der Waals surface area contributed by atoms with Gasteiger partial charge in [-0.3, -0.25) is 9.59 Å².